The number of rotatable bonds is 4. The largest absolute Gasteiger partial charge is 0.291 e. The monoisotopic (exact) mass is 346 g/mol. The van der Waals surface area contributed by atoms with E-state index in [4.69, 9.17) is 0 Å². The maximum atomic E-state index is 11.9. The predicted molar refractivity (Wildman–Crippen MR) is 107 cm³/mol. The van der Waals surface area contributed by atoms with Crippen molar-refractivity contribution in [1.82, 2.24) is 9.97 Å². The summed E-state index contributed by atoms with van der Waals surface area (Å²) in [5.74, 6) is 0.305. The van der Waals surface area contributed by atoms with E-state index in [-0.39, 0.29) is 11.0 Å². The first-order valence-corrected chi connectivity index (χ1v) is 8.48. The molecule has 132 valence electrons. The number of hydrazone groups is 1. The first kappa shape index (κ1) is 17.6. The quantitative estimate of drug-likeness (QED) is 0.550. The van der Waals surface area contributed by atoms with Crippen molar-refractivity contribution >= 4 is 12.2 Å². The Labute approximate surface area is 152 Å². The summed E-state index contributed by atoms with van der Waals surface area (Å²) < 4.78 is 0. The lowest BCUT2D eigenvalue weighted by atomic mass is 9.87. The molecule has 0 atom stereocenters. The Morgan fingerprint density at radius 3 is 2.38 bits per heavy atom. The van der Waals surface area contributed by atoms with Crippen LogP contribution in [0.4, 0.5) is 5.95 Å². The van der Waals surface area contributed by atoms with Gasteiger partial charge in [-0.25, -0.2) is 10.4 Å². The van der Waals surface area contributed by atoms with E-state index in [0.29, 0.717) is 11.6 Å². The number of nitrogens with zero attached hydrogens (tertiary/aromatic N) is 2. The van der Waals surface area contributed by atoms with Crippen molar-refractivity contribution in [2.75, 3.05) is 5.43 Å². The van der Waals surface area contributed by atoms with E-state index in [1.807, 2.05) is 42.5 Å². The van der Waals surface area contributed by atoms with Gasteiger partial charge in [-0.2, -0.15) is 5.10 Å². The second-order valence-corrected chi connectivity index (χ2v) is 7.09. The highest BCUT2D eigenvalue weighted by atomic mass is 16.1. The zero-order valence-corrected chi connectivity index (χ0v) is 15.2. The van der Waals surface area contributed by atoms with Crippen LogP contribution in [0.3, 0.4) is 0 Å². The Morgan fingerprint density at radius 2 is 1.73 bits per heavy atom. The number of aromatic amines is 1. The van der Waals surface area contributed by atoms with E-state index in [9.17, 15) is 4.79 Å². The Kier molecular flexibility index (Phi) is 4.98. The van der Waals surface area contributed by atoms with Crippen LogP contribution in [-0.2, 0) is 5.41 Å². The van der Waals surface area contributed by atoms with Gasteiger partial charge in [0.1, 0.15) is 0 Å². The molecule has 0 bridgehead atoms. The fourth-order valence-electron chi connectivity index (χ4n) is 2.50. The number of hydrogen-bond acceptors (Lipinski definition) is 4. The van der Waals surface area contributed by atoms with Crippen molar-refractivity contribution in [1.29, 1.82) is 0 Å². The van der Waals surface area contributed by atoms with Gasteiger partial charge in [0.15, 0.2) is 0 Å². The summed E-state index contributed by atoms with van der Waals surface area (Å²) in [5.41, 5.74) is 6.39. The molecule has 0 fully saturated rings. The van der Waals surface area contributed by atoms with Crippen molar-refractivity contribution < 1.29 is 0 Å². The summed E-state index contributed by atoms with van der Waals surface area (Å²) in [7, 11) is 0. The SMILES string of the molecule is CC(C)(C)c1ccc(/C=N/Nc2nc(-c3ccccc3)cc(=O)[nH]2)cc1. The molecule has 0 aliphatic rings. The van der Waals surface area contributed by atoms with Gasteiger partial charge in [0.25, 0.3) is 5.56 Å². The lowest BCUT2D eigenvalue weighted by molar-refractivity contribution is 0.590. The maximum Gasteiger partial charge on any atom is 0.252 e. The molecule has 3 aromatic rings. The molecule has 26 heavy (non-hydrogen) atoms. The highest BCUT2D eigenvalue weighted by molar-refractivity contribution is 5.80. The minimum Gasteiger partial charge on any atom is -0.291 e. The Hall–Kier alpha value is -3.21. The highest BCUT2D eigenvalue weighted by Crippen LogP contribution is 2.21. The van der Waals surface area contributed by atoms with E-state index in [0.717, 1.165) is 11.1 Å². The second kappa shape index (κ2) is 7.35. The molecule has 0 aliphatic heterocycles. The average Bonchev–Trinajstić information content (AvgIpc) is 2.62. The van der Waals surface area contributed by atoms with Crippen LogP contribution < -0.4 is 11.0 Å². The van der Waals surface area contributed by atoms with Crippen LogP contribution >= 0.6 is 0 Å². The third-order valence-electron chi connectivity index (χ3n) is 3.97. The molecule has 0 spiro atoms. The summed E-state index contributed by atoms with van der Waals surface area (Å²) >= 11 is 0. The normalized spacial score (nSPS) is 11.7. The van der Waals surface area contributed by atoms with E-state index in [1.54, 1.807) is 6.21 Å². The summed E-state index contributed by atoms with van der Waals surface area (Å²) in [6.07, 6.45) is 1.70. The molecule has 0 radical (unpaired) electrons. The lowest BCUT2D eigenvalue weighted by Gasteiger charge is -2.18. The van der Waals surface area contributed by atoms with Gasteiger partial charge in [0, 0.05) is 11.6 Å². The molecule has 5 nitrogen and oxygen atoms in total. The van der Waals surface area contributed by atoms with Gasteiger partial charge in [-0.1, -0.05) is 75.4 Å². The number of aromatic nitrogens is 2. The average molecular weight is 346 g/mol. The zero-order valence-electron chi connectivity index (χ0n) is 15.2. The van der Waals surface area contributed by atoms with Crippen LogP contribution in [0.25, 0.3) is 11.3 Å². The summed E-state index contributed by atoms with van der Waals surface area (Å²) in [4.78, 5) is 18.9. The van der Waals surface area contributed by atoms with E-state index < -0.39 is 0 Å². The molecule has 2 aromatic carbocycles. The molecule has 5 heteroatoms. The molecule has 0 amide bonds. The highest BCUT2D eigenvalue weighted by Gasteiger charge is 2.12. The number of anilines is 1. The Bertz CT molecular complexity index is 952. The zero-order chi connectivity index (χ0) is 18.6. The standard InChI is InChI=1S/C21H22N4O/c1-21(2,3)17-11-9-15(10-12-17)14-22-25-20-23-18(13-19(26)24-20)16-7-5-4-6-8-16/h4-14H,1-3H3,(H2,23,24,25,26)/b22-14+. The van der Waals surface area contributed by atoms with Crippen LogP contribution in [0.5, 0.6) is 0 Å². The third kappa shape index (κ3) is 4.45. The molecular formula is C21H22N4O. The van der Waals surface area contributed by atoms with Crippen LogP contribution in [0.15, 0.2) is 70.6 Å². The molecule has 0 aliphatic carbocycles. The van der Waals surface area contributed by atoms with Gasteiger partial charge in [-0.15, -0.1) is 0 Å². The first-order valence-electron chi connectivity index (χ1n) is 8.48. The maximum absolute atomic E-state index is 11.9. The van der Waals surface area contributed by atoms with Crippen LogP contribution in [0.1, 0.15) is 31.9 Å². The number of benzene rings is 2. The van der Waals surface area contributed by atoms with Crippen molar-refractivity contribution in [3.05, 3.63) is 82.1 Å². The summed E-state index contributed by atoms with van der Waals surface area (Å²) in [6.45, 7) is 6.54. The minimum atomic E-state index is -0.230. The van der Waals surface area contributed by atoms with Gasteiger partial charge in [-0.3, -0.25) is 9.78 Å². The van der Waals surface area contributed by atoms with Crippen LogP contribution in [0, 0.1) is 0 Å². The molecule has 2 N–H and O–H groups in total. The summed E-state index contributed by atoms with van der Waals surface area (Å²) in [6, 6.07) is 19.2. The molecular weight excluding hydrogens is 324 g/mol. The molecule has 1 heterocycles. The van der Waals surface area contributed by atoms with Gasteiger partial charge in [0.05, 0.1) is 11.9 Å². The smallest absolute Gasteiger partial charge is 0.252 e. The topological polar surface area (TPSA) is 70.1 Å². The fraction of sp³-hybridized carbons (Fsp3) is 0.190. The lowest BCUT2D eigenvalue weighted by Crippen LogP contribution is -2.11. The van der Waals surface area contributed by atoms with Gasteiger partial charge >= 0.3 is 0 Å². The van der Waals surface area contributed by atoms with E-state index in [2.05, 4.69) is 53.4 Å². The molecule has 1 aromatic heterocycles. The van der Waals surface area contributed by atoms with Crippen LogP contribution in [-0.4, -0.2) is 16.2 Å². The number of nitrogens with one attached hydrogen (secondary N) is 2. The Balaban J connectivity index is 1.74. The van der Waals surface area contributed by atoms with Crippen molar-refractivity contribution in [3.63, 3.8) is 0 Å². The molecule has 0 saturated heterocycles. The number of hydrogen-bond donors (Lipinski definition) is 2. The number of H-pyrrole nitrogens is 1. The van der Waals surface area contributed by atoms with Crippen molar-refractivity contribution in [2.45, 2.75) is 26.2 Å². The van der Waals surface area contributed by atoms with Gasteiger partial charge in [0.2, 0.25) is 5.95 Å². The van der Waals surface area contributed by atoms with Gasteiger partial charge < -0.3 is 0 Å². The Morgan fingerprint density at radius 1 is 1.04 bits per heavy atom. The third-order valence-corrected chi connectivity index (χ3v) is 3.97. The molecule has 3 rings (SSSR count). The van der Waals surface area contributed by atoms with E-state index >= 15 is 0 Å². The molecule has 0 saturated carbocycles. The summed E-state index contributed by atoms with van der Waals surface area (Å²) in [5, 5.41) is 4.17. The van der Waals surface area contributed by atoms with Crippen molar-refractivity contribution in [3.8, 4) is 11.3 Å². The predicted octanol–water partition coefficient (Wildman–Crippen LogP) is 4.18. The fourth-order valence-corrected chi connectivity index (χ4v) is 2.50. The second-order valence-electron chi connectivity index (χ2n) is 7.09. The van der Waals surface area contributed by atoms with E-state index in [1.165, 1.54) is 11.6 Å². The molecule has 0 unspecified atom stereocenters. The minimum absolute atomic E-state index is 0.120. The van der Waals surface area contributed by atoms with Gasteiger partial charge in [-0.05, 0) is 16.5 Å². The van der Waals surface area contributed by atoms with Crippen molar-refractivity contribution in [2.24, 2.45) is 5.10 Å². The van der Waals surface area contributed by atoms with Crippen LogP contribution in [0.2, 0.25) is 0 Å². The first-order chi connectivity index (χ1) is 12.4.